The Hall–Kier alpha value is -0.860. The second-order valence-corrected chi connectivity index (χ2v) is 7.48. The van der Waals surface area contributed by atoms with E-state index >= 15 is 0 Å². The van der Waals surface area contributed by atoms with Crippen LogP contribution in [0.5, 0.6) is 0 Å². The number of hydrazine groups is 1. The van der Waals surface area contributed by atoms with Crippen LogP contribution in [0.25, 0.3) is 0 Å². The van der Waals surface area contributed by atoms with Gasteiger partial charge in [-0.2, -0.15) is 0 Å². The van der Waals surface area contributed by atoms with Crippen LogP contribution in [-0.2, 0) is 5.41 Å². The first-order chi connectivity index (χ1) is 9.61. The van der Waals surface area contributed by atoms with Crippen LogP contribution in [0.4, 0.5) is 0 Å². The lowest BCUT2D eigenvalue weighted by molar-refractivity contribution is 0.229. The molecular formula is C18H28N2. The summed E-state index contributed by atoms with van der Waals surface area (Å²) in [6, 6.07) is 11.1. The minimum atomic E-state index is 0.0812. The van der Waals surface area contributed by atoms with Gasteiger partial charge in [0.2, 0.25) is 0 Å². The maximum Gasteiger partial charge on any atom is 0.0304 e. The Bertz CT molecular complexity index is 440. The minimum absolute atomic E-state index is 0.0812. The number of hydrogen-bond donors (Lipinski definition) is 2. The first kappa shape index (κ1) is 14.1. The number of benzene rings is 1. The summed E-state index contributed by atoms with van der Waals surface area (Å²) in [4.78, 5) is 0. The Balaban J connectivity index is 1.72. The highest BCUT2D eigenvalue weighted by Crippen LogP contribution is 2.50. The van der Waals surface area contributed by atoms with Gasteiger partial charge in [-0.25, -0.2) is 0 Å². The average molecular weight is 272 g/mol. The highest BCUT2D eigenvalue weighted by atomic mass is 15.2. The van der Waals surface area contributed by atoms with Gasteiger partial charge in [-0.05, 0) is 49.0 Å². The average Bonchev–Trinajstić information content (AvgIpc) is 3.08. The van der Waals surface area contributed by atoms with Crippen molar-refractivity contribution in [2.75, 3.05) is 0 Å². The van der Waals surface area contributed by atoms with Crippen LogP contribution in [0, 0.1) is 17.8 Å². The SMILES string of the molecule is CC(C)(c1ccccc1)C(CC1CC2CCC1C2)NN. The Morgan fingerprint density at radius 3 is 2.50 bits per heavy atom. The fourth-order valence-corrected chi connectivity index (χ4v) is 4.61. The molecule has 2 heteroatoms. The summed E-state index contributed by atoms with van der Waals surface area (Å²) >= 11 is 0. The van der Waals surface area contributed by atoms with Gasteiger partial charge in [-0.15, -0.1) is 0 Å². The lowest BCUT2D eigenvalue weighted by atomic mass is 9.72. The van der Waals surface area contributed by atoms with Gasteiger partial charge >= 0.3 is 0 Å². The molecule has 2 aliphatic carbocycles. The zero-order valence-electron chi connectivity index (χ0n) is 12.8. The largest absolute Gasteiger partial charge is 0.271 e. The van der Waals surface area contributed by atoms with E-state index in [0.717, 1.165) is 17.8 Å². The van der Waals surface area contributed by atoms with E-state index in [9.17, 15) is 0 Å². The fourth-order valence-electron chi connectivity index (χ4n) is 4.61. The quantitative estimate of drug-likeness (QED) is 0.634. The molecule has 2 nitrogen and oxygen atoms in total. The first-order valence-electron chi connectivity index (χ1n) is 8.13. The molecule has 0 radical (unpaired) electrons. The number of nitrogens with two attached hydrogens (primary N) is 1. The summed E-state index contributed by atoms with van der Waals surface area (Å²) in [5.74, 6) is 8.80. The van der Waals surface area contributed by atoms with E-state index in [1.807, 2.05) is 0 Å². The monoisotopic (exact) mass is 272 g/mol. The van der Waals surface area contributed by atoms with Crippen molar-refractivity contribution < 1.29 is 0 Å². The van der Waals surface area contributed by atoms with E-state index in [1.54, 1.807) is 0 Å². The predicted octanol–water partition coefficient (Wildman–Crippen LogP) is 3.62. The molecule has 2 aliphatic rings. The molecule has 0 saturated heterocycles. The Morgan fingerprint density at radius 1 is 1.20 bits per heavy atom. The summed E-state index contributed by atoms with van der Waals surface area (Å²) in [5, 5.41) is 0. The van der Waals surface area contributed by atoms with E-state index in [0.29, 0.717) is 6.04 Å². The third-order valence-corrected chi connectivity index (χ3v) is 6.01. The molecule has 1 aromatic rings. The molecule has 3 N–H and O–H groups in total. The van der Waals surface area contributed by atoms with Crippen LogP contribution in [0.2, 0.25) is 0 Å². The van der Waals surface area contributed by atoms with Gasteiger partial charge in [0.05, 0.1) is 0 Å². The number of rotatable bonds is 5. The molecule has 4 atom stereocenters. The topological polar surface area (TPSA) is 38.0 Å². The molecule has 0 amide bonds. The molecule has 3 rings (SSSR count). The van der Waals surface area contributed by atoms with Gasteiger partial charge in [-0.1, -0.05) is 50.6 Å². The smallest absolute Gasteiger partial charge is 0.0304 e. The summed E-state index contributed by atoms with van der Waals surface area (Å²) in [6.45, 7) is 4.64. The van der Waals surface area contributed by atoms with Crippen molar-refractivity contribution in [1.29, 1.82) is 0 Å². The van der Waals surface area contributed by atoms with E-state index in [1.165, 1.54) is 37.7 Å². The predicted molar refractivity (Wildman–Crippen MR) is 84.1 cm³/mol. The van der Waals surface area contributed by atoms with Crippen molar-refractivity contribution in [3.05, 3.63) is 35.9 Å². The third-order valence-electron chi connectivity index (χ3n) is 6.01. The molecule has 4 unspecified atom stereocenters. The number of nitrogens with one attached hydrogen (secondary N) is 1. The summed E-state index contributed by atoms with van der Waals surface area (Å²) in [5.41, 5.74) is 4.59. The minimum Gasteiger partial charge on any atom is -0.271 e. The van der Waals surface area contributed by atoms with Crippen molar-refractivity contribution in [3.63, 3.8) is 0 Å². The van der Waals surface area contributed by atoms with Crippen molar-refractivity contribution >= 4 is 0 Å². The van der Waals surface area contributed by atoms with Gasteiger partial charge in [0, 0.05) is 11.5 Å². The second kappa shape index (κ2) is 5.50. The van der Waals surface area contributed by atoms with Crippen LogP contribution < -0.4 is 11.3 Å². The number of fused-ring (bicyclic) bond motifs is 2. The molecule has 0 spiro atoms. The van der Waals surface area contributed by atoms with Crippen molar-refractivity contribution in [3.8, 4) is 0 Å². The maximum atomic E-state index is 5.92. The normalized spacial score (nSPS) is 30.6. The Kier molecular flexibility index (Phi) is 3.87. The fraction of sp³-hybridized carbons (Fsp3) is 0.667. The van der Waals surface area contributed by atoms with Crippen molar-refractivity contribution in [1.82, 2.24) is 5.43 Å². The van der Waals surface area contributed by atoms with Gasteiger partial charge < -0.3 is 0 Å². The maximum absolute atomic E-state index is 5.92. The van der Waals surface area contributed by atoms with Crippen LogP contribution in [-0.4, -0.2) is 6.04 Å². The Morgan fingerprint density at radius 2 is 1.95 bits per heavy atom. The molecule has 2 bridgehead atoms. The van der Waals surface area contributed by atoms with Gasteiger partial charge in [0.1, 0.15) is 0 Å². The number of hydrogen-bond acceptors (Lipinski definition) is 2. The van der Waals surface area contributed by atoms with Crippen molar-refractivity contribution in [2.45, 2.75) is 57.4 Å². The van der Waals surface area contributed by atoms with Crippen LogP contribution >= 0.6 is 0 Å². The van der Waals surface area contributed by atoms with Crippen LogP contribution in [0.1, 0.15) is 51.5 Å². The molecule has 1 aromatic carbocycles. The standard InChI is InChI=1S/C18H28N2/c1-18(2,16-6-4-3-5-7-16)17(20-19)12-15-11-13-8-9-14(15)10-13/h3-7,13-15,17,20H,8-12,19H2,1-2H3. The summed E-state index contributed by atoms with van der Waals surface area (Å²) < 4.78 is 0. The molecule has 0 aliphatic heterocycles. The molecule has 0 aromatic heterocycles. The third kappa shape index (κ3) is 2.51. The summed E-state index contributed by atoms with van der Waals surface area (Å²) in [6.07, 6.45) is 7.07. The lowest BCUT2D eigenvalue weighted by Crippen LogP contribution is -2.49. The summed E-state index contributed by atoms with van der Waals surface area (Å²) in [7, 11) is 0. The van der Waals surface area contributed by atoms with E-state index < -0.39 is 0 Å². The zero-order chi connectivity index (χ0) is 14.2. The van der Waals surface area contributed by atoms with E-state index in [2.05, 4.69) is 49.6 Å². The lowest BCUT2D eigenvalue weighted by Gasteiger charge is -2.37. The highest BCUT2D eigenvalue weighted by Gasteiger charge is 2.42. The van der Waals surface area contributed by atoms with Crippen LogP contribution in [0.3, 0.4) is 0 Å². The zero-order valence-corrected chi connectivity index (χ0v) is 12.8. The first-order valence-corrected chi connectivity index (χ1v) is 8.13. The molecule has 20 heavy (non-hydrogen) atoms. The van der Waals surface area contributed by atoms with Gasteiger partial charge in [-0.3, -0.25) is 11.3 Å². The Labute approximate surface area is 123 Å². The van der Waals surface area contributed by atoms with Gasteiger partial charge in [0.15, 0.2) is 0 Å². The highest BCUT2D eigenvalue weighted by molar-refractivity contribution is 5.25. The van der Waals surface area contributed by atoms with Crippen LogP contribution in [0.15, 0.2) is 30.3 Å². The molecule has 2 saturated carbocycles. The molecule has 0 heterocycles. The second-order valence-electron chi connectivity index (χ2n) is 7.48. The molecular weight excluding hydrogens is 244 g/mol. The van der Waals surface area contributed by atoms with E-state index in [4.69, 9.17) is 5.84 Å². The van der Waals surface area contributed by atoms with E-state index in [-0.39, 0.29) is 5.41 Å². The van der Waals surface area contributed by atoms with Crippen molar-refractivity contribution in [2.24, 2.45) is 23.6 Å². The molecule has 110 valence electrons. The molecule has 2 fully saturated rings. The van der Waals surface area contributed by atoms with Gasteiger partial charge in [0.25, 0.3) is 0 Å².